The van der Waals surface area contributed by atoms with Crippen LogP contribution in [0.3, 0.4) is 0 Å². The summed E-state index contributed by atoms with van der Waals surface area (Å²) in [6.07, 6.45) is 0. The van der Waals surface area contributed by atoms with Gasteiger partial charge in [-0.1, -0.05) is 17.3 Å². The molecular formula is C19H23N5O. The Morgan fingerprint density at radius 3 is 2.56 bits per heavy atom. The lowest BCUT2D eigenvalue weighted by molar-refractivity contribution is 0.260. The second kappa shape index (κ2) is 5.59. The van der Waals surface area contributed by atoms with E-state index in [0.29, 0.717) is 11.8 Å². The molecule has 0 spiro atoms. The van der Waals surface area contributed by atoms with Crippen molar-refractivity contribution in [1.29, 1.82) is 0 Å². The van der Waals surface area contributed by atoms with Crippen molar-refractivity contribution in [2.45, 2.75) is 13.5 Å². The predicted molar refractivity (Wildman–Crippen MR) is 96.4 cm³/mol. The first kappa shape index (κ1) is 15.0. The molecule has 2 aliphatic heterocycles. The average molecular weight is 337 g/mol. The number of nitrogens with zero attached hydrogens (tertiary/aromatic N) is 5. The van der Waals surface area contributed by atoms with Crippen molar-refractivity contribution in [3.05, 3.63) is 41.8 Å². The highest BCUT2D eigenvalue weighted by Gasteiger charge is 2.41. The van der Waals surface area contributed by atoms with Gasteiger partial charge >= 0.3 is 0 Å². The number of hydrogen-bond donors (Lipinski definition) is 0. The minimum absolute atomic E-state index is 0.712. The molecule has 0 N–H and O–H groups in total. The van der Waals surface area contributed by atoms with E-state index in [1.807, 2.05) is 13.0 Å². The van der Waals surface area contributed by atoms with Crippen molar-refractivity contribution in [2.75, 3.05) is 31.1 Å². The number of hydrogen-bond acceptors (Lipinski definition) is 5. The highest BCUT2D eigenvalue weighted by Crippen LogP contribution is 2.35. The van der Waals surface area contributed by atoms with Crippen molar-refractivity contribution in [3.8, 4) is 0 Å². The lowest BCUT2D eigenvalue weighted by Gasteiger charge is -2.21. The summed E-state index contributed by atoms with van der Waals surface area (Å²) in [7, 11) is 2.12. The largest absolute Gasteiger partial charge is 0.360 e. The lowest BCUT2D eigenvalue weighted by Crippen LogP contribution is -2.29. The van der Waals surface area contributed by atoms with Crippen LogP contribution < -0.4 is 4.90 Å². The number of aryl methyl sites for hydroxylation is 2. The molecule has 2 aromatic heterocycles. The molecular weight excluding hydrogens is 314 g/mol. The molecule has 130 valence electrons. The van der Waals surface area contributed by atoms with Gasteiger partial charge in [-0.3, -0.25) is 4.90 Å². The third-order valence-corrected chi connectivity index (χ3v) is 5.66. The first-order valence-electron chi connectivity index (χ1n) is 8.98. The number of likely N-dealkylation sites (tertiary alicyclic amines) is 1. The van der Waals surface area contributed by atoms with E-state index in [1.54, 1.807) is 0 Å². The van der Waals surface area contributed by atoms with Gasteiger partial charge in [0.15, 0.2) is 5.76 Å². The highest BCUT2D eigenvalue weighted by molar-refractivity contribution is 5.78. The van der Waals surface area contributed by atoms with Crippen LogP contribution in [0.15, 0.2) is 34.9 Å². The first-order chi connectivity index (χ1) is 12.2. The van der Waals surface area contributed by atoms with Crippen molar-refractivity contribution in [2.24, 2.45) is 18.9 Å². The number of imidazole rings is 1. The quantitative estimate of drug-likeness (QED) is 0.735. The molecule has 0 amide bonds. The van der Waals surface area contributed by atoms with E-state index >= 15 is 0 Å². The number of para-hydroxylation sites is 2. The summed E-state index contributed by atoms with van der Waals surface area (Å²) in [5.74, 6) is 3.50. The molecule has 0 bridgehead atoms. The highest BCUT2D eigenvalue weighted by atomic mass is 16.5. The number of benzene rings is 1. The normalized spacial score (nSPS) is 23.7. The molecule has 25 heavy (non-hydrogen) atoms. The van der Waals surface area contributed by atoms with Gasteiger partial charge in [-0.15, -0.1) is 0 Å². The van der Waals surface area contributed by atoms with Crippen molar-refractivity contribution < 1.29 is 4.52 Å². The molecule has 5 rings (SSSR count). The fraction of sp³-hybridized carbons (Fsp3) is 0.474. The molecule has 3 aromatic rings. The molecule has 0 saturated carbocycles. The van der Waals surface area contributed by atoms with Crippen LogP contribution >= 0.6 is 0 Å². The number of fused-ring (bicyclic) bond motifs is 2. The molecule has 2 aliphatic rings. The second-order valence-corrected chi connectivity index (χ2v) is 7.51. The molecule has 1 aromatic carbocycles. The summed E-state index contributed by atoms with van der Waals surface area (Å²) >= 11 is 0. The van der Waals surface area contributed by atoms with Gasteiger partial charge in [0, 0.05) is 39.3 Å². The van der Waals surface area contributed by atoms with Crippen LogP contribution in [-0.4, -0.2) is 45.8 Å². The Labute approximate surface area is 147 Å². The standard InChI is InChI=1S/C19H23N5O/c1-13-7-16(25-21-13)12-23-8-14-10-24(11-15(14)9-23)19-20-17-5-3-4-6-18(17)22(19)2/h3-7,14-15H,8-12H2,1-2H3. The van der Waals surface area contributed by atoms with Crippen molar-refractivity contribution >= 4 is 17.0 Å². The zero-order valence-electron chi connectivity index (χ0n) is 14.7. The van der Waals surface area contributed by atoms with E-state index in [9.17, 15) is 0 Å². The van der Waals surface area contributed by atoms with Gasteiger partial charge in [-0.05, 0) is 30.9 Å². The summed E-state index contributed by atoms with van der Waals surface area (Å²) in [6, 6.07) is 10.4. The van der Waals surface area contributed by atoms with Crippen LogP contribution in [0.25, 0.3) is 11.0 Å². The zero-order valence-corrected chi connectivity index (χ0v) is 14.7. The van der Waals surface area contributed by atoms with Gasteiger partial charge in [0.25, 0.3) is 0 Å². The van der Waals surface area contributed by atoms with Crippen LogP contribution in [0.2, 0.25) is 0 Å². The van der Waals surface area contributed by atoms with Gasteiger partial charge < -0.3 is 14.0 Å². The predicted octanol–water partition coefficient (Wildman–Crippen LogP) is 2.44. The van der Waals surface area contributed by atoms with E-state index in [0.717, 1.165) is 55.6 Å². The Balaban J connectivity index is 1.29. The third-order valence-electron chi connectivity index (χ3n) is 5.66. The Morgan fingerprint density at radius 2 is 1.88 bits per heavy atom. The Hall–Kier alpha value is -2.34. The molecule has 0 radical (unpaired) electrons. The Kier molecular flexibility index (Phi) is 3.35. The van der Waals surface area contributed by atoms with Gasteiger partial charge in [0.05, 0.1) is 23.3 Å². The minimum Gasteiger partial charge on any atom is -0.360 e. The topological polar surface area (TPSA) is 50.3 Å². The fourth-order valence-corrected chi connectivity index (χ4v) is 4.51. The van der Waals surface area contributed by atoms with E-state index < -0.39 is 0 Å². The summed E-state index contributed by atoms with van der Waals surface area (Å²) in [4.78, 5) is 9.83. The second-order valence-electron chi connectivity index (χ2n) is 7.51. The molecule has 6 nitrogen and oxygen atoms in total. The maximum atomic E-state index is 5.37. The van der Waals surface area contributed by atoms with Crippen molar-refractivity contribution in [3.63, 3.8) is 0 Å². The van der Waals surface area contributed by atoms with Gasteiger partial charge in [-0.25, -0.2) is 4.98 Å². The first-order valence-corrected chi connectivity index (χ1v) is 8.98. The van der Waals surface area contributed by atoms with Crippen LogP contribution in [0.5, 0.6) is 0 Å². The molecule has 4 heterocycles. The Morgan fingerprint density at radius 1 is 1.12 bits per heavy atom. The lowest BCUT2D eigenvalue weighted by atomic mass is 10.0. The smallest absolute Gasteiger partial charge is 0.206 e. The SMILES string of the molecule is Cc1cc(CN2CC3CN(c4nc5ccccc5n4C)CC3C2)on1. The molecule has 2 unspecified atom stereocenters. The van der Waals surface area contributed by atoms with Crippen LogP contribution in [0.4, 0.5) is 5.95 Å². The molecule has 2 saturated heterocycles. The summed E-state index contributed by atoms with van der Waals surface area (Å²) < 4.78 is 7.60. The van der Waals surface area contributed by atoms with E-state index in [4.69, 9.17) is 9.51 Å². The summed E-state index contributed by atoms with van der Waals surface area (Å²) in [6.45, 7) is 7.29. The Bertz CT molecular complexity index is 900. The molecule has 2 atom stereocenters. The third kappa shape index (κ3) is 2.52. The number of anilines is 1. The van der Waals surface area contributed by atoms with Gasteiger partial charge in [0.2, 0.25) is 5.95 Å². The van der Waals surface area contributed by atoms with E-state index in [2.05, 4.69) is 50.8 Å². The van der Waals surface area contributed by atoms with Crippen LogP contribution in [0, 0.1) is 18.8 Å². The molecule has 6 heteroatoms. The van der Waals surface area contributed by atoms with Crippen LogP contribution in [-0.2, 0) is 13.6 Å². The fourth-order valence-electron chi connectivity index (χ4n) is 4.51. The minimum atomic E-state index is 0.712. The maximum Gasteiger partial charge on any atom is 0.206 e. The van der Waals surface area contributed by atoms with Gasteiger partial charge in [0.1, 0.15) is 0 Å². The zero-order chi connectivity index (χ0) is 17.0. The van der Waals surface area contributed by atoms with Gasteiger partial charge in [-0.2, -0.15) is 0 Å². The summed E-state index contributed by atoms with van der Waals surface area (Å²) in [5, 5.41) is 3.99. The number of aromatic nitrogens is 3. The molecule has 0 aliphatic carbocycles. The van der Waals surface area contributed by atoms with E-state index in [-0.39, 0.29) is 0 Å². The van der Waals surface area contributed by atoms with Crippen LogP contribution in [0.1, 0.15) is 11.5 Å². The monoisotopic (exact) mass is 337 g/mol. The van der Waals surface area contributed by atoms with E-state index in [1.165, 1.54) is 5.52 Å². The average Bonchev–Trinajstić information content (AvgIpc) is 3.32. The number of rotatable bonds is 3. The molecule has 2 fully saturated rings. The van der Waals surface area contributed by atoms with Crippen molar-refractivity contribution in [1.82, 2.24) is 19.6 Å². The summed E-state index contributed by atoms with van der Waals surface area (Å²) in [5.41, 5.74) is 3.25. The maximum absolute atomic E-state index is 5.37.